The van der Waals surface area contributed by atoms with Gasteiger partial charge in [-0.2, -0.15) is 0 Å². The van der Waals surface area contributed by atoms with Gasteiger partial charge in [-0.15, -0.1) is 0 Å². The molecule has 0 radical (unpaired) electrons. The monoisotopic (exact) mass is 620 g/mol. The molecular formula is C31H37N6O6P. The lowest BCUT2D eigenvalue weighted by Gasteiger charge is -2.31. The van der Waals surface area contributed by atoms with Gasteiger partial charge in [0.05, 0.1) is 18.2 Å². The molecular weight excluding hydrogens is 583 g/mol. The molecule has 2 amide bonds. The molecule has 4 aromatic rings. The van der Waals surface area contributed by atoms with Gasteiger partial charge in [0.25, 0.3) is 0 Å². The van der Waals surface area contributed by atoms with Gasteiger partial charge in [0, 0.05) is 49.0 Å². The summed E-state index contributed by atoms with van der Waals surface area (Å²) in [6, 6.07) is 22.5. The molecule has 0 atom stereocenters. The minimum atomic E-state index is -4.43. The Hall–Kier alpha value is -4.06. The number of hydrogen-bond donors (Lipinski definition) is 5. The van der Waals surface area contributed by atoms with Gasteiger partial charge in [-0.1, -0.05) is 30.3 Å². The fourth-order valence-electron chi connectivity index (χ4n) is 5.07. The average Bonchev–Trinajstić information content (AvgIpc) is 3.01. The summed E-state index contributed by atoms with van der Waals surface area (Å²) in [5.41, 5.74) is 3.36. The van der Waals surface area contributed by atoms with E-state index in [1.807, 2.05) is 72.8 Å². The fraction of sp³-hybridized carbons (Fsp3) is 0.323. The van der Waals surface area contributed by atoms with Crippen LogP contribution in [0.25, 0.3) is 10.9 Å². The van der Waals surface area contributed by atoms with Crippen LogP contribution in [0, 0.1) is 0 Å². The Balaban J connectivity index is 1.03. The SMILES string of the molecule is O=C(Nc1ccccc1)Nc1ccc(CCNc2ncnc3cc(OCCCN4CCC(OP(=O)(O)O)CC4)ccc23)cc1. The normalized spacial score (nSPS) is 14.3. The maximum Gasteiger partial charge on any atom is 0.469 e. The molecule has 3 aromatic carbocycles. The number of urea groups is 1. The highest BCUT2D eigenvalue weighted by atomic mass is 31.2. The van der Waals surface area contributed by atoms with Crippen LogP contribution < -0.4 is 20.7 Å². The maximum absolute atomic E-state index is 12.2. The van der Waals surface area contributed by atoms with Crippen LogP contribution in [-0.4, -0.2) is 69.6 Å². The quantitative estimate of drug-likeness (QED) is 0.0985. The number of rotatable bonds is 13. The number of aromatic nitrogens is 2. The molecule has 1 aliphatic heterocycles. The van der Waals surface area contributed by atoms with Gasteiger partial charge in [0.2, 0.25) is 0 Å². The van der Waals surface area contributed by atoms with Crippen LogP contribution in [0.1, 0.15) is 24.8 Å². The van der Waals surface area contributed by atoms with E-state index >= 15 is 0 Å². The van der Waals surface area contributed by atoms with Gasteiger partial charge in [-0.25, -0.2) is 19.3 Å². The molecule has 2 heterocycles. The average molecular weight is 621 g/mol. The highest BCUT2D eigenvalue weighted by Gasteiger charge is 2.26. The zero-order valence-corrected chi connectivity index (χ0v) is 25.2. The number of likely N-dealkylation sites (tertiary alicyclic amines) is 1. The number of para-hydroxylation sites is 1. The van der Waals surface area contributed by atoms with Gasteiger partial charge < -0.3 is 35.4 Å². The number of benzene rings is 3. The van der Waals surface area contributed by atoms with Crippen molar-refractivity contribution in [1.29, 1.82) is 0 Å². The molecule has 5 rings (SSSR count). The first-order chi connectivity index (χ1) is 21.3. The molecule has 0 spiro atoms. The molecule has 0 bridgehead atoms. The summed E-state index contributed by atoms with van der Waals surface area (Å²) in [7, 11) is -4.43. The number of nitrogens with one attached hydrogen (secondary N) is 3. The van der Waals surface area contributed by atoms with Crippen LogP contribution >= 0.6 is 7.82 Å². The lowest BCUT2D eigenvalue weighted by molar-refractivity contribution is 0.0694. The summed E-state index contributed by atoms with van der Waals surface area (Å²) in [5.74, 6) is 1.49. The Morgan fingerprint density at radius 1 is 0.955 bits per heavy atom. The maximum atomic E-state index is 12.2. The van der Waals surface area contributed by atoms with Crippen molar-refractivity contribution in [1.82, 2.24) is 14.9 Å². The van der Waals surface area contributed by atoms with Crippen LogP contribution in [0.2, 0.25) is 0 Å². The summed E-state index contributed by atoms with van der Waals surface area (Å²) in [6.07, 6.45) is 3.96. The Labute approximate surface area is 256 Å². The van der Waals surface area contributed by atoms with E-state index in [2.05, 4.69) is 30.8 Å². The van der Waals surface area contributed by atoms with E-state index < -0.39 is 13.9 Å². The van der Waals surface area contributed by atoms with Crippen LogP contribution in [0.4, 0.5) is 22.0 Å². The topological polar surface area (TPSA) is 158 Å². The standard InChI is InChI=1S/C31H37N6O6P/c38-31(35-24-5-2-1-3-6-24)36-25-9-7-23(8-10-25)13-16-32-30-28-12-11-27(21-29(28)33-22-34-30)42-20-4-17-37-18-14-26(15-19-37)43-44(39,40)41/h1-3,5-12,21-22,26H,4,13-20H2,(H,32,33,34)(H2,35,36,38)(H2,39,40,41). The summed E-state index contributed by atoms with van der Waals surface area (Å²) >= 11 is 0. The van der Waals surface area contributed by atoms with Crippen molar-refractivity contribution in [3.8, 4) is 5.75 Å². The number of hydrogen-bond acceptors (Lipinski definition) is 8. The first-order valence-corrected chi connectivity index (χ1v) is 16.1. The smallest absolute Gasteiger partial charge is 0.469 e. The second-order valence-electron chi connectivity index (χ2n) is 10.6. The van der Waals surface area contributed by atoms with Crippen molar-refractivity contribution in [2.24, 2.45) is 0 Å². The zero-order chi connectivity index (χ0) is 30.8. The fourth-order valence-corrected chi connectivity index (χ4v) is 5.67. The van der Waals surface area contributed by atoms with Crippen molar-refractivity contribution < 1.29 is 28.4 Å². The Morgan fingerprint density at radius 3 is 2.41 bits per heavy atom. The minimum absolute atomic E-state index is 0.290. The van der Waals surface area contributed by atoms with Crippen molar-refractivity contribution in [2.45, 2.75) is 31.8 Å². The molecule has 1 saturated heterocycles. The largest absolute Gasteiger partial charge is 0.493 e. The molecule has 13 heteroatoms. The third kappa shape index (κ3) is 9.73. The van der Waals surface area contributed by atoms with Crippen LogP contribution in [0.3, 0.4) is 0 Å². The molecule has 0 saturated carbocycles. The van der Waals surface area contributed by atoms with Crippen LogP contribution in [-0.2, 0) is 15.5 Å². The van der Waals surface area contributed by atoms with E-state index in [1.54, 1.807) is 0 Å². The van der Waals surface area contributed by atoms with Crippen LogP contribution in [0.5, 0.6) is 5.75 Å². The van der Waals surface area contributed by atoms with Crippen molar-refractivity contribution in [3.63, 3.8) is 0 Å². The van der Waals surface area contributed by atoms with Gasteiger partial charge in [0.1, 0.15) is 17.9 Å². The van der Waals surface area contributed by atoms with E-state index in [9.17, 15) is 9.36 Å². The van der Waals surface area contributed by atoms with Crippen molar-refractivity contribution >= 4 is 41.9 Å². The summed E-state index contributed by atoms with van der Waals surface area (Å²) in [5, 5.41) is 9.96. The number of fused-ring (bicyclic) bond motifs is 1. The molecule has 1 aliphatic rings. The number of carbonyl (C=O) groups is 1. The number of ether oxygens (including phenoxy) is 1. The molecule has 232 valence electrons. The highest BCUT2D eigenvalue weighted by Crippen LogP contribution is 2.39. The van der Waals surface area contributed by atoms with Gasteiger partial charge in [-0.05, 0) is 67.6 Å². The summed E-state index contributed by atoms with van der Waals surface area (Å²) < 4.78 is 21.8. The van der Waals surface area contributed by atoms with E-state index in [0.717, 1.165) is 66.2 Å². The first kappa shape index (κ1) is 31.4. The number of piperidine rings is 1. The molecule has 1 aromatic heterocycles. The molecule has 0 aliphatic carbocycles. The molecule has 0 unspecified atom stereocenters. The number of nitrogens with zero attached hydrogens (tertiary/aromatic N) is 3. The molecule has 5 N–H and O–H groups in total. The third-order valence-electron chi connectivity index (χ3n) is 7.27. The molecule has 12 nitrogen and oxygen atoms in total. The van der Waals surface area contributed by atoms with Gasteiger partial charge in [-0.3, -0.25) is 4.52 Å². The lowest BCUT2D eigenvalue weighted by Crippen LogP contribution is -2.37. The second-order valence-corrected chi connectivity index (χ2v) is 11.8. The predicted molar refractivity (Wildman–Crippen MR) is 170 cm³/mol. The number of phosphoric ester groups is 1. The van der Waals surface area contributed by atoms with E-state index in [0.29, 0.717) is 31.7 Å². The highest BCUT2D eigenvalue weighted by molar-refractivity contribution is 7.46. The number of anilines is 3. The third-order valence-corrected chi connectivity index (χ3v) is 7.84. The number of phosphoric acid groups is 1. The molecule has 44 heavy (non-hydrogen) atoms. The van der Waals surface area contributed by atoms with Crippen molar-refractivity contribution in [2.75, 3.05) is 48.7 Å². The minimum Gasteiger partial charge on any atom is -0.493 e. The van der Waals surface area contributed by atoms with E-state index in [4.69, 9.17) is 19.0 Å². The molecule has 1 fully saturated rings. The predicted octanol–water partition coefficient (Wildman–Crippen LogP) is 5.27. The summed E-state index contributed by atoms with van der Waals surface area (Å²) in [4.78, 5) is 41.3. The Kier molecular flexibility index (Phi) is 10.8. The number of amides is 2. The number of carbonyl (C=O) groups excluding carboxylic acids is 1. The van der Waals surface area contributed by atoms with Gasteiger partial charge in [0.15, 0.2) is 0 Å². The Morgan fingerprint density at radius 2 is 1.68 bits per heavy atom. The zero-order valence-electron chi connectivity index (χ0n) is 24.3. The lowest BCUT2D eigenvalue weighted by atomic mass is 10.1. The Bertz CT molecular complexity index is 1560. The van der Waals surface area contributed by atoms with Crippen molar-refractivity contribution in [3.05, 3.63) is 84.7 Å². The van der Waals surface area contributed by atoms with E-state index in [-0.39, 0.29) is 6.03 Å². The van der Waals surface area contributed by atoms with Crippen LogP contribution in [0.15, 0.2) is 79.1 Å². The van der Waals surface area contributed by atoms with E-state index in [1.165, 1.54) is 6.33 Å². The first-order valence-electron chi connectivity index (χ1n) is 14.6. The second kappa shape index (κ2) is 15.1. The van der Waals surface area contributed by atoms with Gasteiger partial charge >= 0.3 is 13.9 Å². The summed E-state index contributed by atoms with van der Waals surface area (Å²) in [6.45, 7) is 3.55.